The first kappa shape index (κ1) is 15.0. The highest BCUT2D eigenvalue weighted by Gasteiger charge is 2.15. The van der Waals surface area contributed by atoms with E-state index in [1.807, 2.05) is 12.1 Å². The number of benzene rings is 1. The predicted octanol–water partition coefficient (Wildman–Crippen LogP) is 2.85. The standard InChI is InChI=1S/C15H25NO2/c1-10(2)12-6-7-15(18-5)13(8-12)14(17)9-16-11(3)4/h6-8,10-11,14,16-17H,9H2,1-5H3. The Kier molecular flexibility index (Phi) is 5.63. The Morgan fingerprint density at radius 1 is 1.22 bits per heavy atom. The van der Waals surface area contributed by atoms with Gasteiger partial charge in [0.2, 0.25) is 0 Å². The molecule has 1 aromatic rings. The summed E-state index contributed by atoms with van der Waals surface area (Å²) >= 11 is 0. The minimum absolute atomic E-state index is 0.360. The van der Waals surface area contributed by atoms with Crippen LogP contribution in [0.15, 0.2) is 18.2 Å². The Hall–Kier alpha value is -1.06. The van der Waals surface area contributed by atoms with Gasteiger partial charge in [0.1, 0.15) is 5.75 Å². The lowest BCUT2D eigenvalue weighted by Gasteiger charge is -2.19. The Morgan fingerprint density at radius 2 is 1.89 bits per heavy atom. The highest BCUT2D eigenvalue weighted by atomic mass is 16.5. The number of ether oxygens (including phenoxy) is 1. The molecule has 0 aliphatic heterocycles. The van der Waals surface area contributed by atoms with Crippen LogP contribution in [-0.4, -0.2) is 24.8 Å². The van der Waals surface area contributed by atoms with Crippen LogP contribution in [0, 0.1) is 0 Å². The quantitative estimate of drug-likeness (QED) is 0.817. The summed E-state index contributed by atoms with van der Waals surface area (Å²) in [6.45, 7) is 8.95. The van der Waals surface area contributed by atoms with Gasteiger partial charge in [-0.15, -0.1) is 0 Å². The van der Waals surface area contributed by atoms with Crippen LogP contribution in [0.4, 0.5) is 0 Å². The number of rotatable bonds is 6. The number of hydrogen-bond acceptors (Lipinski definition) is 3. The van der Waals surface area contributed by atoms with E-state index in [2.05, 4.69) is 39.1 Å². The van der Waals surface area contributed by atoms with Crippen molar-refractivity contribution in [2.45, 2.75) is 45.8 Å². The number of aliphatic hydroxyl groups is 1. The average molecular weight is 251 g/mol. The average Bonchev–Trinajstić information content (AvgIpc) is 2.34. The fraction of sp³-hybridized carbons (Fsp3) is 0.600. The Bertz CT molecular complexity index is 375. The van der Waals surface area contributed by atoms with E-state index >= 15 is 0 Å². The van der Waals surface area contributed by atoms with E-state index in [-0.39, 0.29) is 0 Å². The lowest BCUT2D eigenvalue weighted by molar-refractivity contribution is 0.167. The van der Waals surface area contributed by atoms with Crippen molar-refractivity contribution in [3.8, 4) is 5.75 Å². The van der Waals surface area contributed by atoms with Gasteiger partial charge in [-0.3, -0.25) is 0 Å². The summed E-state index contributed by atoms with van der Waals surface area (Å²) < 4.78 is 5.32. The summed E-state index contributed by atoms with van der Waals surface area (Å²) in [5.74, 6) is 1.19. The minimum Gasteiger partial charge on any atom is -0.496 e. The predicted molar refractivity (Wildman–Crippen MR) is 75.2 cm³/mol. The van der Waals surface area contributed by atoms with Gasteiger partial charge in [-0.1, -0.05) is 33.8 Å². The molecule has 102 valence electrons. The number of nitrogens with one attached hydrogen (secondary N) is 1. The molecular formula is C15H25NO2. The number of aliphatic hydroxyl groups excluding tert-OH is 1. The second-order valence-corrected chi connectivity index (χ2v) is 5.23. The van der Waals surface area contributed by atoms with Gasteiger partial charge in [0.05, 0.1) is 13.2 Å². The van der Waals surface area contributed by atoms with Crippen molar-refractivity contribution in [2.24, 2.45) is 0 Å². The maximum absolute atomic E-state index is 10.2. The maximum Gasteiger partial charge on any atom is 0.124 e. The summed E-state index contributed by atoms with van der Waals surface area (Å²) in [6.07, 6.45) is -0.541. The van der Waals surface area contributed by atoms with E-state index in [0.29, 0.717) is 18.5 Å². The van der Waals surface area contributed by atoms with Crippen LogP contribution in [0.3, 0.4) is 0 Å². The molecule has 0 fully saturated rings. The Morgan fingerprint density at radius 3 is 2.39 bits per heavy atom. The number of methoxy groups -OCH3 is 1. The van der Waals surface area contributed by atoms with Gasteiger partial charge in [0.15, 0.2) is 0 Å². The summed E-state index contributed by atoms with van der Waals surface area (Å²) in [5, 5.41) is 13.5. The largest absolute Gasteiger partial charge is 0.496 e. The molecular weight excluding hydrogens is 226 g/mol. The van der Waals surface area contributed by atoms with Crippen LogP contribution in [0.5, 0.6) is 5.75 Å². The third-order valence-electron chi connectivity index (χ3n) is 3.00. The molecule has 0 heterocycles. The molecule has 0 saturated heterocycles. The second-order valence-electron chi connectivity index (χ2n) is 5.23. The number of hydrogen-bond donors (Lipinski definition) is 2. The van der Waals surface area contributed by atoms with Crippen molar-refractivity contribution in [3.63, 3.8) is 0 Å². The summed E-state index contributed by atoms with van der Waals surface area (Å²) in [5.41, 5.74) is 2.08. The molecule has 18 heavy (non-hydrogen) atoms. The third-order valence-corrected chi connectivity index (χ3v) is 3.00. The second kappa shape index (κ2) is 6.76. The molecule has 0 spiro atoms. The van der Waals surface area contributed by atoms with Crippen LogP contribution in [0.2, 0.25) is 0 Å². The molecule has 3 nitrogen and oxygen atoms in total. The zero-order valence-corrected chi connectivity index (χ0v) is 12.0. The third kappa shape index (κ3) is 4.00. The Balaban J connectivity index is 2.92. The maximum atomic E-state index is 10.2. The van der Waals surface area contributed by atoms with Crippen LogP contribution < -0.4 is 10.1 Å². The lowest BCUT2D eigenvalue weighted by atomic mass is 9.97. The molecule has 1 atom stereocenters. The van der Waals surface area contributed by atoms with E-state index in [0.717, 1.165) is 11.3 Å². The molecule has 0 aliphatic carbocycles. The van der Waals surface area contributed by atoms with Crippen molar-refractivity contribution >= 4 is 0 Å². The van der Waals surface area contributed by atoms with Gasteiger partial charge in [-0.25, -0.2) is 0 Å². The van der Waals surface area contributed by atoms with Crippen LogP contribution in [0.25, 0.3) is 0 Å². The SMILES string of the molecule is COc1ccc(C(C)C)cc1C(O)CNC(C)C. The monoisotopic (exact) mass is 251 g/mol. The van der Waals surface area contributed by atoms with Crippen LogP contribution in [-0.2, 0) is 0 Å². The summed E-state index contributed by atoms with van der Waals surface area (Å²) in [4.78, 5) is 0. The van der Waals surface area contributed by atoms with Crippen molar-refractivity contribution in [2.75, 3.05) is 13.7 Å². The molecule has 0 radical (unpaired) electrons. The van der Waals surface area contributed by atoms with E-state index in [1.165, 1.54) is 5.56 Å². The van der Waals surface area contributed by atoms with Crippen molar-refractivity contribution in [3.05, 3.63) is 29.3 Å². The van der Waals surface area contributed by atoms with Crippen molar-refractivity contribution in [1.82, 2.24) is 5.32 Å². The van der Waals surface area contributed by atoms with Gasteiger partial charge in [-0.2, -0.15) is 0 Å². The molecule has 0 saturated carbocycles. The molecule has 0 aromatic heterocycles. The molecule has 1 unspecified atom stereocenters. The normalized spacial score (nSPS) is 13.1. The summed E-state index contributed by atoms with van der Waals surface area (Å²) in [6, 6.07) is 6.38. The van der Waals surface area contributed by atoms with Crippen molar-refractivity contribution in [1.29, 1.82) is 0 Å². The first-order chi connectivity index (χ1) is 8.45. The molecule has 2 N–H and O–H groups in total. The molecule has 1 aromatic carbocycles. The van der Waals surface area contributed by atoms with Crippen molar-refractivity contribution < 1.29 is 9.84 Å². The molecule has 3 heteroatoms. The first-order valence-electron chi connectivity index (χ1n) is 6.55. The van der Waals surface area contributed by atoms with Gasteiger partial charge >= 0.3 is 0 Å². The van der Waals surface area contributed by atoms with Gasteiger partial charge in [-0.05, 0) is 23.6 Å². The molecule has 0 amide bonds. The van der Waals surface area contributed by atoms with Crippen LogP contribution in [0.1, 0.15) is 50.8 Å². The minimum atomic E-state index is -0.541. The van der Waals surface area contributed by atoms with Gasteiger partial charge < -0.3 is 15.2 Å². The van der Waals surface area contributed by atoms with Gasteiger partial charge in [0, 0.05) is 18.2 Å². The van der Waals surface area contributed by atoms with Crippen LogP contribution >= 0.6 is 0 Å². The zero-order valence-electron chi connectivity index (χ0n) is 12.0. The molecule has 1 rings (SSSR count). The summed E-state index contributed by atoms with van der Waals surface area (Å²) in [7, 11) is 1.64. The van der Waals surface area contributed by atoms with E-state index in [9.17, 15) is 5.11 Å². The molecule has 0 bridgehead atoms. The van der Waals surface area contributed by atoms with E-state index < -0.39 is 6.10 Å². The fourth-order valence-electron chi connectivity index (χ4n) is 1.83. The highest BCUT2D eigenvalue weighted by molar-refractivity contribution is 5.40. The topological polar surface area (TPSA) is 41.5 Å². The first-order valence-corrected chi connectivity index (χ1v) is 6.55. The van der Waals surface area contributed by atoms with Gasteiger partial charge in [0.25, 0.3) is 0 Å². The fourth-order valence-corrected chi connectivity index (χ4v) is 1.83. The van der Waals surface area contributed by atoms with E-state index in [1.54, 1.807) is 7.11 Å². The molecule has 0 aliphatic rings. The Labute approximate surface area is 110 Å². The van der Waals surface area contributed by atoms with E-state index in [4.69, 9.17) is 4.74 Å². The zero-order chi connectivity index (χ0) is 13.7. The highest BCUT2D eigenvalue weighted by Crippen LogP contribution is 2.28. The smallest absolute Gasteiger partial charge is 0.124 e. The lowest BCUT2D eigenvalue weighted by Crippen LogP contribution is -2.28.